The van der Waals surface area contributed by atoms with Gasteiger partial charge in [0.1, 0.15) is 0 Å². The second kappa shape index (κ2) is 11.7. The molecule has 0 unspecified atom stereocenters. The fraction of sp³-hybridized carbons (Fsp3) is 0.941. The van der Waals surface area contributed by atoms with Gasteiger partial charge in [-0.15, -0.1) is 0 Å². The summed E-state index contributed by atoms with van der Waals surface area (Å²) < 4.78 is 25.5. The smallest absolute Gasteiger partial charge is 0.213 e. The normalized spacial score (nSPS) is 17.9. The Kier molecular flexibility index (Phi) is 10.4. The Morgan fingerprint density at radius 2 is 1.84 bits per heavy atom. The number of likely N-dealkylation sites (N-methyl/N-ethyl adjacent to an activating group) is 1. The summed E-state index contributed by atoms with van der Waals surface area (Å²) in [7, 11) is -3.06. The average Bonchev–Trinajstić information content (AvgIpc) is 2.61. The van der Waals surface area contributed by atoms with E-state index in [9.17, 15) is 8.42 Å². The van der Waals surface area contributed by atoms with Gasteiger partial charge >= 0.3 is 0 Å². The van der Waals surface area contributed by atoms with Crippen LogP contribution in [0.2, 0.25) is 0 Å². The van der Waals surface area contributed by atoms with Gasteiger partial charge in [-0.2, -0.15) is 0 Å². The highest BCUT2D eigenvalue weighted by atomic mass is 32.2. The number of hydrogen-bond donors (Lipinski definition) is 2. The van der Waals surface area contributed by atoms with Crippen molar-refractivity contribution in [2.75, 3.05) is 51.6 Å². The summed E-state index contributed by atoms with van der Waals surface area (Å²) in [6, 6.07) is 0.277. The third-order valence-electron chi connectivity index (χ3n) is 4.57. The van der Waals surface area contributed by atoms with Gasteiger partial charge in [-0.3, -0.25) is 4.99 Å². The Labute approximate surface area is 154 Å². The zero-order chi connectivity index (χ0) is 18.7. The standard InChI is InChI=1S/C17H37N5O2S/c1-5-12-21(7-3)15-11-19-17(18-6-2)20-16-9-13-22(14-10-16)25(23,24)8-4/h16H,5-15H2,1-4H3,(H2,18,19,20). The Morgan fingerprint density at radius 3 is 2.36 bits per heavy atom. The molecule has 1 fully saturated rings. The molecule has 0 aliphatic carbocycles. The molecule has 0 aromatic carbocycles. The van der Waals surface area contributed by atoms with Crippen molar-refractivity contribution in [1.82, 2.24) is 19.8 Å². The Hall–Kier alpha value is -0.860. The Bertz CT molecular complexity index is 487. The summed E-state index contributed by atoms with van der Waals surface area (Å²) in [5.41, 5.74) is 0. The van der Waals surface area contributed by atoms with Crippen molar-refractivity contribution >= 4 is 16.0 Å². The number of piperidine rings is 1. The Morgan fingerprint density at radius 1 is 1.16 bits per heavy atom. The molecule has 25 heavy (non-hydrogen) atoms. The van der Waals surface area contributed by atoms with E-state index >= 15 is 0 Å². The van der Waals surface area contributed by atoms with Gasteiger partial charge in [0.05, 0.1) is 12.3 Å². The number of rotatable bonds is 10. The van der Waals surface area contributed by atoms with Crippen LogP contribution in [0.4, 0.5) is 0 Å². The molecule has 0 aromatic rings. The van der Waals surface area contributed by atoms with Crippen molar-refractivity contribution in [2.45, 2.75) is 53.0 Å². The van der Waals surface area contributed by atoms with Crippen LogP contribution >= 0.6 is 0 Å². The van der Waals surface area contributed by atoms with Crippen molar-refractivity contribution in [1.29, 1.82) is 0 Å². The largest absolute Gasteiger partial charge is 0.357 e. The zero-order valence-electron chi connectivity index (χ0n) is 16.4. The molecule has 0 saturated carbocycles. The number of aliphatic imine (C=N–C) groups is 1. The topological polar surface area (TPSA) is 77.0 Å². The van der Waals surface area contributed by atoms with Crippen molar-refractivity contribution < 1.29 is 8.42 Å². The van der Waals surface area contributed by atoms with E-state index in [-0.39, 0.29) is 11.8 Å². The first kappa shape index (κ1) is 22.2. The minimum absolute atomic E-state index is 0.181. The molecule has 8 heteroatoms. The van der Waals surface area contributed by atoms with Gasteiger partial charge in [0, 0.05) is 32.2 Å². The van der Waals surface area contributed by atoms with E-state index in [0.29, 0.717) is 13.1 Å². The average molecular weight is 376 g/mol. The van der Waals surface area contributed by atoms with Crippen LogP contribution in [-0.2, 0) is 10.0 Å². The highest BCUT2D eigenvalue weighted by Crippen LogP contribution is 2.14. The molecule has 1 aliphatic heterocycles. The van der Waals surface area contributed by atoms with Crippen molar-refractivity contribution in [3.05, 3.63) is 0 Å². The van der Waals surface area contributed by atoms with Gasteiger partial charge in [0.2, 0.25) is 10.0 Å². The monoisotopic (exact) mass is 375 g/mol. The van der Waals surface area contributed by atoms with Crippen LogP contribution in [0.25, 0.3) is 0 Å². The van der Waals surface area contributed by atoms with Crippen LogP contribution in [0.15, 0.2) is 4.99 Å². The lowest BCUT2D eigenvalue weighted by atomic mass is 10.1. The maximum Gasteiger partial charge on any atom is 0.213 e. The summed E-state index contributed by atoms with van der Waals surface area (Å²) in [6.45, 7) is 14.0. The number of nitrogens with one attached hydrogen (secondary N) is 2. The molecule has 1 rings (SSSR count). The van der Waals surface area contributed by atoms with E-state index in [1.807, 2.05) is 0 Å². The lowest BCUT2D eigenvalue weighted by Crippen LogP contribution is -2.50. The maximum atomic E-state index is 11.9. The van der Waals surface area contributed by atoms with Crippen LogP contribution in [0.3, 0.4) is 0 Å². The Balaban J connectivity index is 2.49. The van der Waals surface area contributed by atoms with Crippen molar-refractivity contribution in [3.8, 4) is 0 Å². The number of guanidine groups is 1. The minimum atomic E-state index is -3.06. The van der Waals surface area contributed by atoms with Gasteiger partial charge in [-0.05, 0) is 46.2 Å². The third kappa shape index (κ3) is 7.92. The molecule has 148 valence electrons. The van der Waals surface area contributed by atoms with Crippen LogP contribution in [0.1, 0.15) is 47.0 Å². The van der Waals surface area contributed by atoms with Crippen LogP contribution in [-0.4, -0.2) is 81.2 Å². The summed E-state index contributed by atoms with van der Waals surface area (Å²) in [5, 5.41) is 6.76. The van der Waals surface area contributed by atoms with Gasteiger partial charge in [-0.1, -0.05) is 13.8 Å². The fourth-order valence-electron chi connectivity index (χ4n) is 3.02. The van der Waals surface area contributed by atoms with Crippen molar-refractivity contribution in [2.24, 2.45) is 4.99 Å². The lowest BCUT2D eigenvalue weighted by Gasteiger charge is -2.32. The molecule has 0 radical (unpaired) electrons. The first-order valence-electron chi connectivity index (χ1n) is 9.71. The van der Waals surface area contributed by atoms with Crippen LogP contribution < -0.4 is 10.6 Å². The first-order valence-corrected chi connectivity index (χ1v) is 11.3. The minimum Gasteiger partial charge on any atom is -0.357 e. The molecular weight excluding hydrogens is 338 g/mol. The SMILES string of the molecule is CCCN(CC)CCN=C(NCC)NC1CCN(S(=O)(=O)CC)CC1. The molecule has 0 spiro atoms. The van der Waals surface area contributed by atoms with Crippen molar-refractivity contribution in [3.63, 3.8) is 0 Å². The van der Waals surface area contributed by atoms with Gasteiger partial charge in [0.25, 0.3) is 0 Å². The first-order chi connectivity index (χ1) is 12.0. The number of hydrogen-bond acceptors (Lipinski definition) is 4. The predicted molar refractivity (Wildman–Crippen MR) is 106 cm³/mol. The van der Waals surface area contributed by atoms with Gasteiger partial charge in [0.15, 0.2) is 5.96 Å². The fourth-order valence-corrected chi connectivity index (χ4v) is 4.15. The predicted octanol–water partition coefficient (Wildman–Crippen LogP) is 1.09. The second-order valence-electron chi connectivity index (χ2n) is 6.41. The summed E-state index contributed by atoms with van der Waals surface area (Å²) in [5.74, 6) is 1.02. The highest BCUT2D eigenvalue weighted by molar-refractivity contribution is 7.89. The van der Waals surface area contributed by atoms with Gasteiger partial charge in [-0.25, -0.2) is 12.7 Å². The second-order valence-corrected chi connectivity index (χ2v) is 8.67. The summed E-state index contributed by atoms with van der Waals surface area (Å²) in [6.07, 6.45) is 2.80. The molecule has 0 amide bonds. The van der Waals surface area contributed by atoms with E-state index in [2.05, 4.69) is 41.3 Å². The van der Waals surface area contributed by atoms with E-state index in [1.165, 1.54) is 0 Å². The summed E-state index contributed by atoms with van der Waals surface area (Å²) >= 11 is 0. The maximum absolute atomic E-state index is 11.9. The number of nitrogens with zero attached hydrogens (tertiary/aromatic N) is 3. The molecule has 1 heterocycles. The molecule has 1 saturated heterocycles. The molecule has 0 aromatic heterocycles. The third-order valence-corrected chi connectivity index (χ3v) is 6.45. The van der Waals surface area contributed by atoms with Crippen LogP contribution in [0, 0.1) is 0 Å². The van der Waals surface area contributed by atoms with E-state index in [1.54, 1.807) is 11.2 Å². The molecule has 2 N–H and O–H groups in total. The molecule has 7 nitrogen and oxygen atoms in total. The molecule has 0 atom stereocenters. The van der Waals surface area contributed by atoms with Crippen LogP contribution in [0.5, 0.6) is 0 Å². The lowest BCUT2D eigenvalue weighted by molar-refractivity contribution is 0.296. The van der Waals surface area contributed by atoms with E-state index in [4.69, 9.17) is 0 Å². The van der Waals surface area contributed by atoms with Gasteiger partial charge < -0.3 is 15.5 Å². The quantitative estimate of drug-likeness (QED) is 0.441. The summed E-state index contributed by atoms with van der Waals surface area (Å²) in [4.78, 5) is 7.09. The molecule has 0 bridgehead atoms. The van der Waals surface area contributed by atoms with E-state index in [0.717, 1.165) is 57.9 Å². The molecular formula is C17H37N5O2S. The molecule has 1 aliphatic rings. The number of sulfonamides is 1. The highest BCUT2D eigenvalue weighted by Gasteiger charge is 2.26. The van der Waals surface area contributed by atoms with E-state index < -0.39 is 10.0 Å². The zero-order valence-corrected chi connectivity index (χ0v) is 17.2.